The Morgan fingerprint density at radius 3 is 2.52 bits per heavy atom. The molecule has 1 saturated carbocycles. The molecule has 1 unspecified atom stereocenters. The van der Waals surface area contributed by atoms with Crippen LogP contribution in [0.1, 0.15) is 67.3 Å². The Labute approximate surface area is 173 Å². The van der Waals surface area contributed by atoms with Crippen LogP contribution < -0.4 is 0 Å². The monoisotopic (exact) mass is 397 g/mol. The van der Waals surface area contributed by atoms with E-state index in [1.165, 1.54) is 39.2 Å². The zero-order chi connectivity index (χ0) is 20.6. The maximum Gasteiger partial charge on any atom is 0.337 e. The molecule has 1 aliphatic carbocycles. The molecule has 0 bridgehead atoms. The molecule has 0 spiro atoms. The Bertz CT molecular complexity index is 747. The first-order valence-electron chi connectivity index (χ1n) is 10.7. The van der Waals surface area contributed by atoms with Crippen LogP contribution in [0.5, 0.6) is 0 Å². The molecule has 2 fully saturated rings. The van der Waals surface area contributed by atoms with Gasteiger partial charge >= 0.3 is 5.97 Å². The summed E-state index contributed by atoms with van der Waals surface area (Å²) in [5.41, 5.74) is 1.58. The van der Waals surface area contributed by atoms with Gasteiger partial charge in [0.25, 0.3) is 0 Å². The molecule has 2 aliphatic rings. The Kier molecular flexibility index (Phi) is 7.62. The molecule has 1 aromatic carbocycles. The number of rotatable bonds is 8. The van der Waals surface area contributed by atoms with E-state index in [1.54, 1.807) is 18.2 Å². The Hall–Kier alpha value is -2.43. The maximum atomic E-state index is 12.3. The third kappa shape index (κ3) is 6.02. The van der Waals surface area contributed by atoms with Gasteiger partial charge in [-0.25, -0.2) is 4.79 Å². The van der Waals surface area contributed by atoms with Crippen molar-refractivity contribution in [2.45, 2.75) is 63.8 Å². The lowest BCUT2D eigenvalue weighted by Gasteiger charge is -2.23. The van der Waals surface area contributed by atoms with E-state index in [0.717, 1.165) is 12.0 Å². The lowest BCUT2D eigenvalue weighted by molar-refractivity contribution is -0.128. The average Bonchev–Trinajstić information content (AvgIpc) is 3.10. The lowest BCUT2D eigenvalue weighted by Crippen LogP contribution is -2.33. The number of benzene rings is 1. The number of ketones is 1. The number of allylic oxidation sites excluding steroid dienone is 1. The maximum absolute atomic E-state index is 12.3. The van der Waals surface area contributed by atoms with Gasteiger partial charge in [-0.2, -0.15) is 0 Å². The molecule has 29 heavy (non-hydrogen) atoms. The molecule has 1 aliphatic heterocycles. The largest absolute Gasteiger partial charge is 0.465 e. The number of methoxy groups -OCH3 is 1. The summed E-state index contributed by atoms with van der Waals surface area (Å²) < 4.78 is 4.71. The third-order valence-electron chi connectivity index (χ3n) is 6.11. The quantitative estimate of drug-likeness (QED) is 0.489. The van der Waals surface area contributed by atoms with E-state index in [4.69, 9.17) is 4.74 Å². The number of likely N-dealkylation sites (tertiary alicyclic amines) is 1. The second kappa shape index (κ2) is 10.4. The first-order valence-corrected chi connectivity index (χ1v) is 10.7. The van der Waals surface area contributed by atoms with Crippen molar-refractivity contribution in [3.8, 4) is 0 Å². The van der Waals surface area contributed by atoms with Crippen LogP contribution in [0.2, 0.25) is 0 Å². The van der Waals surface area contributed by atoms with Gasteiger partial charge in [0.05, 0.1) is 18.7 Å². The van der Waals surface area contributed by atoms with Crippen molar-refractivity contribution in [3.05, 3.63) is 47.5 Å². The van der Waals surface area contributed by atoms with Crippen LogP contribution in [-0.4, -0.2) is 42.3 Å². The standard InChI is InChI=1S/C24H31NO4/c1-29-24(28)20-9-7-18(8-10-20)15-16-25-21(12-14-23(25)27)11-13-22(26)17-19-5-3-2-4-6-19/h7-11,13,19,21H,2-6,12,14-17H2,1H3. The number of carbonyl (C=O) groups is 3. The molecule has 1 amide bonds. The summed E-state index contributed by atoms with van der Waals surface area (Å²) in [6.45, 7) is 0.613. The second-order valence-corrected chi connectivity index (χ2v) is 8.17. The second-order valence-electron chi connectivity index (χ2n) is 8.17. The summed E-state index contributed by atoms with van der Waals surface area (Å²) >= 11 is 0. The summed E-state index contributed by atoms with van der Waals surface area (Å²) in [5, 5.41) is 0. The van der Waals surface area contributed by atoms with Crippen molar-refractivity contribution in [1.29, 1.82) is 0 Å². The summed E-state index contributed by atoms with van der Waals surface area (Å²) in [6.07, 6.45) is 12.4. The van der Waals surface area contributed by atoms with Crippen molar-refractivity contribution in [3.63, 3.8) is 0 Å². The highest BCUT2D eigenvalue weighted by molar-refractivity contribution is 5.90. The van der Waals surface area contributed by atoms with E-state index in [1.807, 2.05) is 23.1 Å². The molecule has 1 saturated heterocycles. The van der Waals surface area contributed by atoms with Crippen LogP contribution in [0.3, 0.4) is 0 Å². The van der Waals surface area contributed by atoms with E-state index in [2.05, 4.69) is 0 Å². The van der Waals surface area contributed by atoms with Gasteiger partial charge in [-0.15, -0.1) is 0 Å². The van der Waals surface area contributed by atoms with E-state index in [9.17, 15) is 14.4 Å². The van der Waals surface area contributed by atoms with Gasteiger partial charge in [0.15, 0.2) is 5.78 Å². The van der Waals surface area contributed by atoms with Gasteiger partial charge in [0.1, 0.15) is 0 Å². The number of nitrogens with zero attached hydrogens (tertiary/aromatic N) is 1. The van der Waals surface area contributed by atoms with Gasteiger partial charge in [0, 0.05) is 19.4 Å². The van der Waals surface area contributed by atoms with Crippen molar-refractivity contribution in [2.75, 3.05) is 13.7 Å². The number of esters is 1. The van der Waals surface area contributed by atoms with Crippen LogP contribution in [0.4, 0.5) is 0 Å². The van der Waals surface area contributed by atoms with Crippen LogP contribution in [-0.2, 0) is 20.7 Å². The zero-order valence-corrected chi connectivity index (χ0v) is 17.3. The predicted molar refractivity (Wildman–Crippen MR) is 112 cm³/mol. The normalized spacial score (nSPS) is 20.4. The minimum absolute atomic E-state index is 0.00662. The Balaban J connectivity index is 1.51. The van der Waals surface area contributed by atoms with Crippen molar-refractivity contribution >= 4 is 17.7 Å². The van der Waals surface area contributed by atoms with Crippen molar-refractivity contribution < 1.29 is 19.1 Å². The van der Waals surface area contributed by atoms with Crippen molar-refractivity contribution in [1.82, 2.24) is 4.90 Å². The molecular formula is C24H31NO4. The minimum atomic E-state index is -0.352. The molecule has 1 heterocycles. The molecule has 3 rings (SSSR count). The fourth-order valence-electron chi connectivity index (χ4n) is 4.38. The highest BCUT2D eigenvalue weighted by Crippen LogP contribution is 2.27. The number of carbonyl (C=O) groups excluding carboxylic acids is 3. The lowest BCUT2D eigenvalue weighted by atomic mass is 9.86. The Morgan fingerprint density at radius 2 is 1.83 bits per heavy atom. The molecular weight excluding hydrogens is 366 g/mol. The van der Waals surface area contributed by atoms with Gasteiger partial charge in [-0.3, -0.25) is 9.59 Å². The number of ether oxygens (including phenoxy) is 1. The van der Waals surface area contributed by atoms with Crippen molar-refractivity contribution in [2.24, 2.45) is 5.92 Å². The molecule has 1 aromatic rings. The zero-order valence-electron chi connectivity index (χ0n) is 17.3. The van der Waals surface area contributed by atoms with E-state index >= 15 is 0 Å². The molecule has 5 heteroatoms. The smallest absolute Gasteiger partial charge is 0.337 e. The van der Waals surface area contributed by atoms with Gasteiger partial charge in [-0.05, 0) is 42.5 Å². The summed E-state index contributed by atoms with van der Waals surface area (Å²) in [7, 11) is 1.36. The average molecular weight is 398 g/mol. The fourth-order valence-corrected chi connectivity index (χ4v) is 4.38. The number of amides is 1. The van der Waals surface area contributed by atoms with Crippen LogP contribution >= 0.6 is 0 Å². The minimum Gasteiger partial charge on any atom is -0.465 e. The van der Waals surface area contributed by atoms with Crippen LogP contribution in [0, 0.1) is 5.92 Å². The first kappa shape index (κ1) is 21.3. The topological polar surface area (TPSA) is 63.7 Å². The molecule has 0 N–H and O–H groups in total. The molecule has 5 nitrogen and oxygen atoms in total. The van der Waals surface area contributed by atoms with Crippen LogP contribution in [0.25, 0.3) is 0 Å². The third-order valence-corrected chi connectivity index (χ3v) is 6.11. The summed E-state index contributed by atoms with van der Waals surface area (Å²) in [6, 6.07) is 7.28. The highest BCUT2D eigenvalue weighted by Gasteiger charge is 2.28. The summed E-state index contributed by atoms with van der Waals surface area (Å²) in [4.78, 5) is 38.0. The predicted octanol–water partition coefficient (Wildman–Crippen LogP) is 4.10. The van der Waals surface area contributed by atoms with E-state index < -0.39 is 0 Å². The Morgan fingerprint density at radius 1 is 1.10 bits per heavy atom. The van der Waals surface area contributed by atoms with Gasteiger partial charge in [0.2, 0.25) is 5.91 Å². The highest BCUT2D eigenvalue weighted by atomic mass is 16.5. The van der Waals surface area contributed by atoms with E-state index in [-0.39, 0.29) is 23.7 Å². The molecule has 1 atom stereocenters. The summed E-state index contributed by atoms with van der Waals surface area (Å²) in [5.74, 6) is 0.518. The van der Waals surface area contributed by atoms with Gasteiger partial charge < -0.3 is 9.64 Å². The molecule has 156 valence electrons. The van der Waals surface area contributed by atoms with E-state index in [0.29, 0.717) is 37.3 Å². The number of hydrogen-bond donors (Lipinski definition) is 0. The number of hydrogen-bond acceptors (Lipinski definition) is 4. The van der Waals surface area contributed by atoms with Crippen LogP contribution in [0.15, 0.2) is 36.4 Å². The SMILES string of the molecule is COC(=O)c1ccc(CCN2C(=O)CCC2C=CC(=O)CC2CCCCC2)cc1. The molecule has 0 aromatic heterocycles. The molecule has 0 radical (unpaired) electrons. The van der Waals surface area contributed by atoms with Gasteiger partial charge in [-0.1, -0.05) is 50.3 Å². The first-order chi connectivity index (χ1) is 14.1. The fraction of sp³-hybridized carbons (Fsp3) is 0.542.